The second-order valence-corrected chi connectivity index (χ2v) is 8.19. The first-order valence-corrected chi connectivity index (χ1v) is 9.70. The van der Waals surface area contributed by atoms with Gasteiger partial charge in [-0.25, -0.2) is 4.57 Å². The van der Waals surface area contributed by atoms with Crippen LogP contribution in [0, 0.1) is 13.8 Å². The van der Waals surface area contributed by atoms with Gasteiger partial charge < -0.3 is 4.52 Å². The van der Waals surface area contributed by atoms with Gasteiger partial charge in [0.15, 0.2) is 0 Å². The molecule has 0 saturated heterocycles. The molecule has 0 bridgehead atoms. The predicted octanol–water partition coefficient (Wildman–Crippen LogP) is 5.12. The molecule has 0 spiro atoms. The van der Waals surface area contributed by atoms with Crippen LogP contribution < -0.4 is 4.52 Å². The summed E-state index contributed by atoms with van der Waals surface area (Å²) in [6, 6.07) is 3.84. The molecule has 1 aromatic carbocycles. The smallest absolute Gasteiger partial charge is 0.404 e. The summed E-state index contributed by atoms with van der Waals surface area (Å²) < 4.78 is 29.0. The summed E-state index contributed by atoms with van der Waals surface area (Å²) in [7, 11) is -3.70. The van der Waals surface area contributed by atoms with Crippen LogP contribution in [0.25, 0.3) is 0 Å². The summed E-state index contributed by atoms with van der Waals surface area (Å²) in [5.74, 6) is 0.535. The highest BCUT2D eigenvalue weighted by molar-refractivity contribution is 7.48. The molecule has 0 heterocycles. The van der Waals surface area contributed by atoms with Gasteiger partial charge in [-0.05, 0) is 51.8 Å². The molecule has 0 aliphatic carbocycles. The number of ketones is 1. The Bertz CT molecular complexity index is 627. The normalized spacial score (nSPS) is 12.3. The SMILES string of the molecule is CCOP(=O)(OCC)Oc1cc(C)cc(C)c1C(C)(C)CC(C)=O. The highest BCUT2D eigenvalue weighted by atomic mass is 31.2. The summed E-state index contributed by atoms with van der Waals surface area (Å²) >= 11 is 0. The zero-order valence-electron chi connectivity index (χ0n) is 15.8. The number of hydrogen-bond acceptors (Lipinski definition) is 5. The number of Topliss-reactive ketones (excluding diaryl/α,β-unsaturated/α-hetero) is 1. The Kier molecular flexibility index (Phi) is 7.21. The van der Waals surface area contributed by atoms with E-state index in [0.29, 0.717) is 12.2 Å². The molecular formula is C18H29O5P. The minimum Gasteiger partial charge on any atom is -0.404 e. The third-order valence-electron chi connectivity index (χ3n) is 3.60. The Morgan fingerprint density at radius 1 is 1.12 bits per heavy atom. The van der Waals surface area contributed by atoms with E-state index < -0.39 is 13.2 Å². The number of carbonyl (C=O) groups excluding carboxylic acids is 1. The van der Waals surface area contributed by atoms with E-state index in [-0.39, 0.29) is 19.0 Å². The molecule has 0 atom stereocenters. The van der Waals surface area contributed by atoms with E-state index in [0.717, 1.165) is 16.7 Å². The van der Waals surface area contributed by atoms with Gasteiger partial charge in [-0.1, -0.05) is 19.9 Å². The van der Waals surface area contributed by atoms with Crippen LogP contribution in [0.2, 0.25) is 0 Å². The number of rotatable bonds is 9. The van der Waals surface area contributed by atoms with Crippen LogP contribution in [0.1, 0.15) is 57.7 Å². The van der Waals surface area contributed by atoms with Crippen molar-refractivity contribution in [1.29, 1.82) is 0 Å². The Balaban J connectivity index is 3.41. The minimum absolute atomic E-state index is 0.0868. The Labute approximate surface area is 145 Å². The Morgan fingerprint density at radius 2 is 1.67 bits per heavy atom. The van der Waals surface area contributed by atoms with Crippen LogP contribution in [-0.4, -0.2) is 19.0 Å². The molecule has 1 aromatic rings. The van der Waals surface area contributed by atoms with Crippen LogP contribution in [0.5, 0.6) is 5.75 Å². The van der Waals surface area contributed by atoms with Crippen molar-refractivity contribution in [1.82, 2.24) is 0 Å². The topological polar surface area (TPSA) is 61.8 Å². The lowest BCUT2D eigenvalue weighted by Gasteiger charge is -2.30. The molecule has 136 valence electrons. The van der Waals surface area contributed by atoms with Gasteiger partial charge in [-0.2, -0.15) is 0 Å². The molecule has 0 amide bonds. The van der Waals surface area contributed by atoms with Crippen LogP contribution in [-0.2, 0) is 23.8 Å². The van der Waals surface area contributed by atoms with Crippen molar-refractivity contribution in [3.05, 3.63) is 28.8 Å². The van der Waals surface area contributed by atoms with Gasteiger partial charge in [0.1, 0.15) is 11.5 Å². The molecule has 0 unspecified atom stereocenters. The molecule has 24 heavy (non-hydrogen) atoms. The first-order chi connectivity index (χ1) is 11.0. The molecule has 0 N–H and O–H groups in total. The van der Waals surface area contributed by atoms with E-state index in [4.69, 9.17) is 13.6 Å². The maximum atomic E-state index is 12.8. The average Bonchev–Trinajstić information content (AvgIpc) is 2.35. The zero-order valence-corrected chi connectivity index (χ0v) is 16.7. The molecule has 5 nitrogen and oxygen atoms in total. The van der Waals surface area contributed by atoms with E-state index in [1.165, 1.54) is 0 Å². The fourth-order valence-corrected chi connectivity index (χ4v) is 4.30. The van der Waals surface area contributed by atoms with Gasteiger partial charge in [0.2, 0.25) is 0 Å². The zero-order chi connectivity index (χ0) is 18.5. The van der Waals surface area contributed by atoms with E-state index in [1.54, 1.807) is 20.8 Å². The number of phosphoric ester groups is 1. The molecular weight excluding hydrogens is 327 g/mol. The summed E-state index contributed by atoms with van der Waals surface area (Å²) in [4.78, 5) is 11.7. The number of aryl methyl sites for hydroxylation is 2. The van der Waals surface area contributed by atoms with Crippen LogP contribution in [0.4, 0.5) is 0 Å². The van der Waals surface area contributed by atoms with Gasteiger partial charge in [-0.15, -0.1) is 0 Å². The molecule has 0 saturated carbocycles. The lowest BCUT2D eigenvalue weighted by atomic mass is 9.77. The van der Waals surface area contributed by atoms with Crippen LogP contribution in [0.15, 0.2) is 12.1 Å². The molecule has 1 rings (SSSR count). The first-order valence-electron chi connectivity index (χ1n) is 8.24. The minimum atomic E-state index is -3.70. The lowest BCUT2D eigenvalue weighted by Crippen LogP contribution is -2.23. The van der Waals surface area contributed by atoms with Gasteiger partial charge >= 0.3 is 7.82 Å². The Hall–Kier alpha value is -1.16. The highest BCUT2D eigenvalue weighted by Crippen LogP contribution is 2.52. The van der Waals surface area contributed by atoms with Crippen molar-refractivity contribution < 1.29 is 22.9 Å². The van der Waals surface area contributed by atoms with Crippen molar-refractivity contribution in [2.75, 3.05) is 13.2 Å². The van der Waals surface area contributed by atoms with Crippen molar-refractivity contribution in [2.45, 2.75) is 60.3 Å². The monoisotopic (exact) mass is 356 g/mol. The predicted molar refractivity (Wildman–Crippen MR) is 95.7 cm³/mol. The molecule has 0 aliphatic heterocycles. The van der Waals surface area contributed by atoms with Gasteiger partial charge in [0.05, 0.1) is 13.2 Å². The third kappa shape index (κ3) is 5.44. The summed E-state index contributed by atoms with van der Waals surface area (Å²) in [6.45, 7) is 13.3. The van der Waals surface area contributed by atoms with E-state index >= 15 is 0 Å². The van der Waals surface area contributed by atoms with Crippen molar-refractivity contribution >= 4 is 13.6 Å². The van der Waals surface area contributed by atoms with Gasteiger partial charge in [0.25, 0.3) is 0 Å². The van der Waals surface area contributed by atoms with Gasteiger partial charge in [0, 0.05) is 17.4 Å². The maximum absolute atomic E-state index is 12.8. The molecule has 0 aromatic heterocycles. The largest absolute Gasteiger partial charge is 0.530 e. The first kappa shape index (κ1) is 20.9. The van der Waals surface area contributed by atoms with Crippen LogP contribution >= 0.6 is 7.82 Å². The van der Waals surface area contributed by atoms with E-state index in [9.17, 15) is 9.36 Å². The number of carbonyl (C=O) groups is 1. The third-order valence-corrected chi connectivity index (χ3v) is 5.17. The molecule has 0 radical (unpaired) electrons. The van der Waals surface area contributed by atoms with Gasteiger partial charge in [-0.3, -0.25) is 13.8 Å². The van der Waals surface area contributed by atoms with Crippen molar-refractivity contribution in [3.63, 3.8) is 0 Å². The van der Waals surface area contributed by atoms with E-state index in [1.807, 2.05) is 39.8 Å². The summed E-state index contributed by atoms with van der Waals surface area (Å²) in [5, 5.41) is 0. The standard InChI is InChI=1S/C18H29O5P/c1-8-21-24(20,22-9-2)23-16-11-13(3)10-14(4)17(16)18(6,7)12-15(5)19/h10-11H,8-9,12H2,1-7H3. The number of phosphoric acid groups is 1. The van der Waals surface area contributed by atoms with Crippen LogP contribution in [0.3, 0.4) is 0 Å². The summed E-state index contributed by atoms with van der Waals surface area (Å²) in [5.41, 5.74) is 2.35. The van der Waals surface area contributed by atoms with Crippen molar-refractivity contribution in [3.8, 4) is 5.75 Å². The number of benzene rings is 1. The second-order valence-electron chi connectivity index (χ2n) is 6.59. The van der Waals surface area contributed by atoms with E-state index in [2.05, 4.69) is 0 Å². The lowest BCUT2D eigenvalue weighted by molar-refractivity contribution is -0.118. The molecule has 0 fully saturated rings. The second kappa shape index (κ2) is 8.28. The average molecular weight is 356 g/mol. The summed E-state index contributed by atoms with van der Waals surface area (Å²) in [6.07, 6.45) is 0.362. The molecule has 6 heteroatoms. The maximum Gasteiger partial charge on any atom is 0.530 e. The quantitative estimate of drug-likeness (QED) is 0.575. The Morgan fingerprint density at radius 3 is 2.12 bits per heavy atom. The van der Waals surface area contributed by atoms with Crippen molar-refractivity contribution in [2.24, 2.45) is 0 Å². The number of hydrogen-bond donors (Lipinski definition) is 0. The molecule has 0 aliphatic rings. The fraction of sp³-hybridized carbons (Fsp3) is 0.611. The highest BCUT2D eigenvalue weighted by Gasteiger charge is 2.33. The fourth-order valence-electron chi connectivity index (χ4n) is 3.11.